The van der Waals surface area contributed by atoms with Crippen LogP contribution in [0.3, 0.4) is 0 Å². The maximum atomic E-state index is 12.7. The monoisotopic (exact) mass is 442 g/mol. The standard InChI is InChI=1S/C18H27BrN4O2S/c1-13(20-17(24)15-5-6-16(19)26-15)18(25)23-10-8-22(9-11-23)14-4-3-7-21(2)12-14/h5-6,13-14H,3-4,7-12H2,1-2H3,(H,20,24). The Morgan fingerprint density at radius 2 is 1.96 bits per heavy atom. The smallest absolute Gasteiger partial charge is 0.262 e. The summed E-state index contributed by atoms with van der Waals surface area (Å²) in [7, 11) is 2.18. The first kappa shape index (κ1) is 19.8. The molecule has 2 aliphatic heterocycles. The summed E-state index contributed by atoms with van der Waals surface area (Å²) in [4.78, 5) is 32.3. The minimum absolute atomic E-state index is 0.00869. The molecule has 2 unspecified atom stereocenters. The third-order valence-corrected chi connectivity index (χ3v) is 6.88. The summed E-state index contributed by atoms with van der Waals surface area (Å²) >= 11 is 4.73. The molecule has 1 aromatic rings. The van der Waals surface area contributed by atoms with Crippen LogP contribution in [-0.4, -0.2) is 84.9 Å². The predicted molar refractivity (Wildman–Crippen MR) is 108 cm³/mol. The number of nitrogens with zero attached hydrogens (tertiary/aromatic N) is 3. The van der Waals surface area contributed by atoms with Crippen LogP contribution in [0.5, 0.6) is 0 Å². The van der Waals surface area contributed by atoms with Crippen molar-refractivity contribution in [2.45, 2.75) is 31.8 Å². The first-order valence-electron chi connectivity index (χ1n) is 9.21. The highest BCUT2D eigenvalue weighted by atomic mass is 79.9. The number of likely N-dealkylation sites (tertiary alicyclic amines) is 1. The molecular formula is C18H27BrN4O2S. The van der Waals surface area contributed by atoms with Crippen LogP contribution in [0.15, 0.2) is 15.9 Å². The molecule has 1 aromatic heterocycles. The Balaban J connectivity index is 1.47. The van der Waals surface area contributed by atoms with Gasteiger partial charge in [0.15, 0.2) is 0 Å². The molecule has 0 aliphatic carbocycles. The SMILES string of the molecule is CC(NC(=O)c1ccc(Br)s1)C(=O)N1CCN(C2CCCN(C)C2)CC1. The first-order chi connectivity index (χ1) is 12.4. The van der Waals surface area contributed by atoms with E-state index in [4.69, 9.17) is 0 Å². The molecule has 0 radical (unpaired) electrons. The second-order valence-corrected chi connectivity index (χ2v) is 9.68. The highest BCUT2D eigenvalue weighted by Crippen LogP contribution is 2.22. The van der Waals surface area contributed by atoms with Crippen molar-refractivity contribution in [3.63, 3.8) is 0 Å². The maximum Gasteiger partial charge on any atom is 0.262 e. The van der Waals surface area contributed by atoms with Crippen molar-refractivity contribution >= 4 is 39.1 Å². The second-order valence-electron chi connectivity index (χ2n) is 7.22. The third kappa shape index (κ3) is 4.85. The van der Waals surface area contributed by atoms with Gasteiger partial charge in [-0.2, -0.15) is 0 Å². The Morgan fingerprint density at radius 1 is 1.23 bits per heavy atom. The van der Waals surface area contributed by atoms with Crippen molar-refractivity contribution in [2.75, 3.05) is 46.3 Å². The summed E-state index contributed by atoms with van der Waals surface area (Å²) in [5.41, 5.74) is 0. The van der Waals surface area contributed by atoms with Crippen LogP contribution < -0.4 is 5.32 Å². The van der Waals surface area contributed by atoms with E-state index in [1.807, 2.05) is 11.0 Å². The van der Waals surface area contributed by atoms with E-state index in [-0.39, 0.29) is 11.8 Å². The maximum absolute atomic E-state index is 12.7. The van der Waals surface area contributed by atoms with Crippen molar-refractivity contribution in [1.29, 1.82) is 0 Å². The Labute approximate surface area is 167 Å². The minimum Gasteiger partial charge on any atom is -0.340 e. The number of rotatable bonds is 4. The van der Waals surface area contributed by atoms with Gasteiger partial charge in [-0.25, -0.2) is 0 Å². The van der Waals surface area contributed by atoms with Crippen LogP contribution in [0.1, 0.15) is 29.4 Å². The first-order valence-corrected chi connectivity index (χ1v) is 10.8. The average Bonchev–Trinajstić information content (AvgIpc) is 3.08. The lowest BCUT2D eigenvalue weighted by molar-refractivity contribution is -0.135. The van der Waals surface area contributed by atoms with Gasteiger partial charge in [0, 0.05) is 38.8 Å². The molecule has 2 fully saturated rings. The topological polar surface area (TPSA) is 55.9 Å². The van der Waals surface area contributed by atoms with E-state index in [2.05, 4.69) is 38.1 Å². The number of halogens is 1. The molecule has 1 N–H and O–H groups in total. The van der Waals surface area contributed by atoms with E-state index >= 15 is 0 Å². The van der Waals surface area contributed by atoms with Crippen molar-refractivity contribution in [2.24, 2.45) is 0 Å². The van der Waals surface area contributed by atoms with E-state index < -0.39 is 6.04 Å². The van der Waals surface area contributed by atoms with Crippen LogP contribution >= 0.6 is 27.3 Å². The molecule has 0 saturated carbocycles. The lowest BCUT2D eigenvalue weighted by Gasteiger charge is -2.43. The number of amides is 2. The number of nitrogens with one attached hydrogen (secondary N) is 1. The van der Waals surface area contributed by atoms with Crippen molar-refractivity contribution in [3.8, 4) is 0 Å². The zero-order chi connectivity index (χ0) is 18.7. The van der Waals surface area contributed by atoms with Crippen LogP contribution in [0, 0.1) is 0 Å². The number of thiophene rings is 1. The number of likely N-dealkylation sites (N-methyl/N-ethyl adjacent to an activating group) is 1. The Hall–Kier alpha value is -0.960. The molecule has 26 heavy (non-hydrogen) atoms. The minimum atomic E-state index is -0.504. The fraction of sp³-hybridized carbons (Fsp3) is 0.667. The highest BCUT2D eigenvalue weighted by molar-refractivity contribution is 9.11. The lowest BCUT2D eigenvalue weighted by Crippen LogP contribution is -2.57. The van der Waals surface area contributed by atoms with Gasteiger partial charge in [-0.15, -0.1) is 11.3 Å². The fourth-order valence-corrected chi connectivity index (χ4v) is 5.07. The highest BCUT2D eigenvalue weighted by Gasteiger charge is 2.30. The molecule has 0 aromatic carbocycles. The fourth-order valence-electron chi connectivity index (χ4n) is 3.78. The van der Waals surface area contributed by atoms with Crippen molar-refractivity contribution in [1.82, 2.24) is 20.0 Å². The van der Waals surface area contributed by atoms with Gasteiger partial charge in [0.1, 0.15) is 6.04 Å². The van der Waals surface area contributed by atoms with E-state index in [1.165, 1.54) is 30.7 Å². The molecule has 2 saturated heterocycles. The number of carbonyl (C=O) groups is 2. The van der Waals surface area contributed by atoms with E-state index in [9.17, 15) is 9.59 Å². The molecule has 2 amide bonds. The second kappa shape index (κ2) is 8.82. The van der Waals surface area contributed by atoms with Gasteiger partial charge in [0.2, 0.25) is 5.91 Å². The zero-order valence-corrected chi connectivity index (χ0v) is 17.8. The van der Waals surface area contributed by atoms with Gasteiger partial charge in [0.25, 0.3) is 5.91 Å². The molecule has 3 rings (SSSR count). The van der Waals surface area contributed by atoms with Gasteiger partial charge < -0.3 is 15.1 Å². The van der Waals surface area contributed by atoms with E-state index in [0.29, 0.717) is 10.9 Å². The zero-order valence-electron chi connectivity index (χ0n) is 15.4. The summed E-state index contributed by atoms with van der Waals surface area (Å²) < 4.78 is 0.908. The van der Waals surface area contributed by atoms with Crippen molar-refractivity contribution < 1.29 is 9.59 Å². The number of hydrogen-bond acceptors (Lipinski definition) is 5. The Morgan fingerprint density at radius 3 is 2.58 bits per heavy atom. The normalized spacial score (nSPS) is 23.7. The molecule has 0 spiro atoms. The summed E-state index contributed by atoms with van der Waals surface area (Å²) in [5, 5.41) is 2.83. The summed E-state index contributed by atoms with van der Waals surface area (Å²) in [6.07, 6.45) is 2.50. The number of piperazine rings is 1. The van der Waals surface area contributed by atoms with Crippen LogP contribution in [0.4, 0.5) is 0 Å². The van der Waals surface area contributed by atoms with Crippen LogP contribution in [0.25, 0.3) is 0 Å². The third-order valence-electron chi connectivity index (χ3n) is 5.26. The van der Waals surface area contributed by atoms with Crippen LogP contribution in [-0.2, 0) is 4.79 Å². The molecule has 0 bridgehead atoms. The Bertz CT molecular complexity index is 645. The van der Waals surface area contributed by atoms with Gasteiger partial charge >= 0.3 is 0 Å². The number of piperidine rings is 1. The van der Waals surface area contributed by atoms with Crippen molar-refractivity contribution in [3.05, 3.63) is 20.8 Å². The summed E-state index contributed by atoms with van der Waals surface area (Å²) in [6.45, 7) is 7.40. The summed E-state index contributed by atoms with van der Waals surface area (Å²) in [5.74, 6) is -0.181. The number of hydrogen-bond donors (Lipinski definition) is 1. The van der Waals surface area contributed by atoms with Gasteiger partial charge in [-0.05, 0) is 61.4 Å². The van der Waals surface area contributed by atoms with Gasteiger partial charge in [-0.1, -0.05) is 0 Å². The number of carbonyl (C=O) groups excluding carboxylic acids is 2. The van der Waals surface area contributed by atoms with Crippen LogP contribution in [0.2, 0.25) is 0 Å². The molecule has 3 heterocycles. The largest absolute Gasteiger partial charge is 0.340 e. The van der Waals surface area contributed by atoms with Gasteiger partial charge in [0.05, 0.1) is 8.66 Å². The molecule has 8 heteroatoms. The predicted octanol–water partition coefficient (Wildman–Crippen LogP) is 1.87. The van der Waals surface area contributed by atoms with E-state index in [0.717, 1.165) is 36.5 Å². The molecule has 2 atom stereocenters. The Kier molecular flexibility index (Phi) is 6.71. The molecule has 6 nitrogen and oxygen atoms in total. The van der Waals surface area contributed by atoms with Gasteiger partial charge in [-0.3, -0.25) is 14.5 Å². The summed E-state index contributed by atoms with van der Waals surface area (Å²) in [6, 6.07) is 3.71. The average molecular weight is 443 g/mol. The molecule has 2 aliphatic rings. The quantitative estimate of drug-likeness (QED) is 0.772. The molecule has 144 valence electrons. The van der Waals surface area contributed by atoms with E-state index in [1.54, 1.807) is 13.0 Å². The lowest BCUT2D eigenvalue weighted by atomic mass is 10.0. The molecular weight excluding hydrogens is 416 g/mol.